The maximum absolute atomic E-state index is 6.45. The van der Waals surface area contributed by atoms with Crippen molar-refractivity contribution in [1.82, 2.24) is 9.13 Å². The van der Waals surface area contributed by atoms with Gasteiger partial charge in [0.05, 0.1) is 16.6 Å². The van der Waals surface area contributed by atoms with Crippen LogP contribution in [0.5, 0.6) is 11.5 Å². The molecular weight excluding hydrogens is 452 g/mol. The minimum Gasteiger partial charge on any atom is -0.457 e. The SMILES string of the molecule is Cn1c2cc3c(cc2c2cc4c(cc21)c1ccccc1n4-c1ccccc1)C(C)(C)c1ccccc1O3. The summed E-state index contributed by atoms with van der Waals surface area (Å²) in [5.74, 6) is 1.90. The molecule has 8 rings (SSSR count). The molecule has 0 fully saturated rings. The number of hydrogen-bond donors (Lipinski definition) is 0. The summed E-state index contributed by atoms with van der Waals surface area (Å²) in [5.41, 5.74) is 8.37. The van der Waals surface area contributed by atoms with Crippen LogP contribution in [0.2, 0.25) is 0 Å². The van der Waals surface area contributed by atoms with Crippen molar-refractivity contribution >= 4 is 43.6 Å². The summed E-state index contributed by atoms with van der Waals surface area (Å²) in [6.07, 6.45) is 0. The van der Waals surface area contributed by atoms with Crippen molar-refractivity contribution < 1.29 is 4.74 Å². The zero-order valence-corrected chi connectivity index (χ0v) is 21.1. The minimum atomic E-state index is -0.149. The van der Waals surface area contributed by atoms with Crippen LogP contribution in [0.4, 0.5) is 0 Å². The molecule has 0 unspecified atom stereocenters. The zero-order valence-electron chi connectivity index (χ0n) is 21.1. The van der Waals surface area contributed by atoms with Gasteiger partial charge in [-0.3, -0.25) is 0 Å². The Morgan fingerprint density at radius 2 is 1.19 bits per heavy atom. The molecule has 7 aromatic rings. The molecule has 3 heteroatoms. The first-order valence-electron chi connectivity index (χ1n) is 12.8. The van der Waals surface area contributed by atoms with Crippen LogP contribution in [0.3, 0.4) is 0 Å². The monoisotopic (exact) mass is 478 g/mol. The normalized spacial score (nSPS) is 14.2. The lowest BCUT2D eigenvalue weighted by Gasteiger charge is -2.34. The van der Waals surface area contributed by atoms with Gasteiger partial charge in [0.1, 0.15) is 11.5 Å². The van der Waals surface area contributed by atoms with E-state index in [-0.39, 0.29) is 5.41 Å². The molecule has 2 aromatic heterocycles. The summed E-state index contributed by atoms with van der Waals surface area (Å²) in [6.45, 7) is 4.60. The van der Waals surface area contributed by atoms with E-state index in [4.69, 9.17) is 4.74 Å². The summed E-state index contributed by atoms with van der Waals surface area (Å²) < 4.78 is 11.2. The Morgan fingerprint density at radius 1 is 0.541 bits per heavy atom. The number of nitrogens with zero attached hydrogens (tertiary/aromatic N) is 2. The highest BCUT2D eigenvalue weighted by atomic mass is 16.5. The number of rotatable bonds is 1. The van der Waals surface area contributed by atoms with Gasteiger partial charge in [0.2, 0.25) is 0 Å². The molecule has 1 aliphatic rings. The lowest BCUT2D eigenvalue weighted by atomic mass is 9.75. The Labute approximate surface area is 215 Å². The third kappa shape index (κ3) is 2.66. The third-order valence-corrected chi connectivity index (χ3v) is 8.37. The second kappa shape index (κ2) is 7.04. The predicted molar refractivity (Wildman–Crippen MR) is 153 cm³/mol. The van der Waals surface area contributed by atoms with Crippen LogP contribution in [-0.2, 0) is 12.5 Å². The summed E-state index contributed by atoms with van der Waals surface area (Å²) in [5, 5.41) is 5.07. The molecule has 0 spiro atoms. The highest BCUT2D eigenvalue weighted by molar-refractivity contribution is 6.18. The van der Waals surface area contributed by atoms with E-state index in [1.165, 1.54) is 60.4 Å². The van der Waals surface area contributed by atoms with Gasteiger partial charge in [-0.25, -0.2) is 0 Å². The molecule has 3 nitrogen and oxygen atoms in total. The first kappa shape index (κ1) is 20.7. The summed E-state index contributed by atoms with van der Waals surface area (Å²) in [6, 6.07) is 37.1. The van der Waals surface area contributed by atoms with E-state index in [1.54, 1.807) is 0 Å². The Hall–Kier alpha value is -4.50. The fourth-order valence-corrected chi connectivity index (χ4v) is 6.45. The van der Waals surface area contributed by atoms with Crippen molar-refractivity contribution in [1.29, 1.82) is 0 Å². The number of benzene rings is 5. The van der Waals surface area contributed by atoms with Gasteiger partial charge < -0.3 is 13.9 Å². The number of ether oxygens (including phenoxy) is 1. The molecule has 0 radical (unpaired) electrons. The topological polar surface area (TPSA) is 19.1 Å². The van der Waals surface area contributed by atoms with E-state index in [2.05, 4.69) is 127 Å². The quantitative estimate of drug-likeness (QED) is 0.231. The fraction of sp³-hybridized carbons (Fsp3) is 0.118. The van der Waals surface area contributed by atoms with Crippen molar-refractivity contribution in [2.24, 2.45) is 7.05 Å². The molecular formula is C34H26N2O. The van der Waals surface area contributed by atoms with Crippen LogP contribution in [0.15, 0.2) is 103 Å². The molecule has 1 aliphatic heterocycles. The van der Waals surface area contributed by atoms with Crippen molar-refractivity contribution in [3.05, 3.63) is 114 Å². The maximum Gasteiger partial charge on any atom is 0.133 e. The predicted octanol–water partition coefficient (Wildman–Crippen LogP) is 8.86. The van der Waals surface area contributed by atoms with E-state index in [0.29, 0.717) is 0 Å². The van der Waals surface area contributed by atoms with Crippen LogP contribution in [0.1, 0.15) is 25.0 Å². The second-order valence-corrected chi connectivity index (χ2v) is 10.7. The van der Waals surface area contributed by atoms with Gasteiger partial charge in [0.15, 0.2) is 0 Å². The molecule has 178 valence electrons. The van der Waals surface area contributed by atoms with Crippen LogP contribution < -0.4 is 4.74 Å². The lowest BCUT2D eigenvalue weighted by Crippen LogP contribution is -2.24. The zero-order chi connectivity index (χ0) is 24.9. The van der Waals surface area contributed by atoms with Gasteiger partial charge in [-0.1, -0.05) is 68.4 Å². The summed E-state index contributed by atoms with van der Waals surface area (Å²) >= 11 is 0. The van der Waals surface area contributed by atoms with E-state index in [9.17, 15) is 0 Å². The van der Waals surface area contributed by atoms with E-state index >= 15 is 0 Å². The molecule has 37 heavy (non-hydrogen) atoms. The summed E-state index contributed by atoms with van der Waals surface area (Å²) in [4.78, 5) is 0. The standard InChI is InChI=1S/C34H26N2O/c1-34(2)26-14-8-10-16-32(26)37-33-20-30-23(17-27(33)34)25-19-31-24(18-29(25)35(30)3)22-13-7-9-15-28(22)36(31)21-11-5-4-6-12-21/h4-20H,1-3H3. The molecule has 5 aromatic carbocycles. The Kier molecular flexibility index (Phi) is 3.93. The molecule has 0 saturated carbocycles. The van der Waals surface area contributed by atoms with Gasteiger partial charge >= 0.3 is 0 Å². The molecule has 0 bridgehead atoms. The van der Waals surface area contributed by atoms with Gasteiger partial charge in [-0.05, 0) is 42.5 Å². The van der Waals surface area contributed by atoms with Crippen LogP contribution in [0, 0.1) is 0 Å². The van der Waals surface area contributed by atoms with Gasteiger partial charge in [0.25, 0.3) is 0 Å². The van der Waals surface area contributed by atoms with E-state index in [0.717, 1.165) is 11.5 Å². The molecule has 0 aliphatic carbocycles. The summed E-state index contributed by atoms with van der Waals surface area (Å²) in [7, 11) is 2.17. The number of fused-ring (bicyclic) bond motifs is 8. The van der Waals surface area contributed by atoms with Gasteiger partial charge in [-0.15, -0.1) is 0 Å². The van der Waals surface area contributed by atoms with Crippen molar-refractivity contribution in [2.75, 3.05) is 0 Å². The van der Waals surface area contributed by atoms with Gasteiger partial charge in [-0.2, -0.15) is 0 Å². The number of para-hydroxylation sites is 3. The second-order valence-electron chi connectivity index (χ2n) is 10.7. The number of aryl methyl sites for hydroxylation is 1. The van der Waals surface area contributed by atoms with Crippen molar-refractivity contribution in [3.63, 3.8) is 0 Å². The van der Waals surface area contributed by atoms with E-state index < -0.39 is 0 Å². The van der Waals surface area contributed by atoms with Crippen LogP contribution >= 0.6 is 0 Å². The lowest BCUT2D eigenvalue weighted by molar-refractivity contribution is 0.419. The number of aromatic nitrogens is 2. The van der Waals surface area contributed by atoms with Crippen molar-refractivity contribution in [3.8, 4) is 17.2 Å². The van der Waals surface area contributed by atoms with Crippen LogP contribution in [0.25, 0.3) is 49.3 Å². The van der Waals surface area contributed by atoms with Gasteiger partial charge in [0, 0.05) is 62.4 Å². The molecule has 0 N–H and O–H groups in total. The Bertz CT molecular complexity index is 2040. The third-order valence-electron chi connectivity index (χ3n) is 8.37. The molecule has 0 atom stereocenters. The fourth-order valence-electron chi connectivity index (χ4n) is 6.45. The van der Waals surface area contributed by atoms with Crippen molar-refractivity contribution in [2.45, 2.75) is 19.3 Å². The first-order valence-corrected chi connectivity index (χ1v) is 12.8. The maximum atomic E-state index is 6.45. The van der Waals surface area contributed by atoms with E-state index in [1.807, 2.05) is 6.07 Å². The average molecular weight is 479 g/mol. The highest BCUT2D eigenvalue weighted by Crippen LogP contribution is 2.50. The molecule has 0 saturated heterocycles. The smallest absolute Gasteiger partial charge is 0.133 e. The molecule has 3 heterocycles. The first-order chi connectivity index (χ1) is 18.0. The Morgan fingerprint density at radius 3 is 2.05 bits per heavy atom. The number of hydrogen-bond acceptors (Lipinski definition) is 1. The Balaban J connectivity index is 1.49. The highest BCUT2D eigenvalue weighted by Gasteiger charge is 2.35. The minimum absolute atomic E-state index is 0.149. The largest absolute Gasteiger partial charge is 0.457 e. The molecule has 0 amide bonds. The average Bonchev–Trinajstić information content (AvgIpc) is 3.39. The van der Waals surface area contributed by atoms with Crippen LogP contribution in [-0.4, -0.2) is 9.13 Å².